The number of aromatic nitrogens is 2. The molecule has 1 aliphatic carbocycles. The quantitative estimate of drug-likeness (QED) is 0.599. The molecule has 2 aromatic heterocycles. The number of ether oxygens (including phenoxy) is 1. The van der Waals surface area contributed by atoms with Crippen molar-refractivity contribution < 1.29 is 24.2 Å². The molecular weight excluding hydrogens is 370 g/mol. The summed E-state index contributed by atoms with van der Waals surface area (Å²) in [7, 11) is 1.32. The molecule has 9 heteroatoms. The molecule has 3 rings (SSSR count). The maximum Gasteiger partial charge on any atom is 0.354 e. The summed E-state index contributed by atoms with van der Waals surface area (Å²) in [5, 5.41) is 16.4. The molecule has 0 radical (unpaired) electrons. The van der Waals surface area contributed by atoms with Gasteiger partial charge in [-0.05, 0) is 44.2 Å². The molecule has 0 aromatic carbocycles. The summed E-state index contributed by atoms with van der Waals surface area (Å²) in [5.41, 5.74) is 1.30. The number of carboxylic acids is 1. The first kappa shape index (κ1) is 19.1. The number of esters is 1. The first-order valence-corrected chi connectivity index (χ1v) is 9.56. The average molecular weight is 391 g/mol. The van der Waals surface area contributed by atoms with E-state index in [4.69, 9.17) is 4.74 Å². The second-order valence-corrected chi connectivity index (χ2v) is 7.50. The molecule has 0 fully saturated rings. The highest BCUT2D eigenvalue weighted by Crippen LogP contribution is 2.38. The number of carbonyl (C=O) groups is 3. The van der Waals surface area contributed by atoms with E-state index in [2.05, 4.69) is 10.4 Å². The summed E-state index contributed by atoms with van der Waals surface area (Å²) >= 11 is 1.39. The van der Waals surface area contributed by atoms with E-state index < -0.39 is 23.9 Å². The van der Waals surface area contributed by atoms with Crippen LogP contribution < -0.4 is 5.32 Å². The third kappa shape index (κ3) is 3.73. The summed E-state index contributed by atoms with van der Waals surface area (Å²) in [6, 6.07) is 0.484. The first-order valence-electron chi connectivity index (χ1n) is 8.74. The van der Waals surface area contributed by atoms with Gasteiger partial charge in [0, 0.05) is 11.1 Å². The predicted molar refractivity (Wildman–Crippen MR) is 99.4 cm³/mol. The molecule has 2 heterocycles. The van der Waals surface area contributed by atoms with Gasteiger partial charge in [-0.1, -0.05) is 6.42 Å². The number of fused-ring (bicyclic) bond motifs is 1. The Hall–Kier alpha value is -2.68. The molecular formula is C18H21N3O5S. The number of amides is 1. The van der Waals surface area contributed by atoms with E-state index in [1.807, 2.05) is 0 Å². The molecule has 27 heavy (non-hydrogen) atoms. The van der Waals surface area contributed by atoms with E-state index in [9.17, 15) is 19.5 Å². The highest BCUT2D eigenvalue weighted by Gasteiger charge is 2.28. The van der Waals surface area contributed by atoms with Crippen molar-refractivity contribution in [2.75, 3.05) is 12.4 Å². The van der Waals surface area contributed by atoms with Gasteiger partial charge in [0.15, 0.2) is 0 Å². The third-order valence-corrected chi connectivity index (χ3v) is 5.89. The van der Waals surface area contributed by atoms with Crippen LogP contribution in [0.25, 0.3) is 0 Å². The van der Waals surface area contributed by atoms with Gasteiger partial charge in [0.05, 0.1) is 12.7 Å². The topological polar surface area (TPSA) is 111 Å². The molecule has 1 atom stereocenters. The Morgan fingerprint density at radius 3 is 2.74 bits per heavy atom. The Morgan fingerprint density at radius 1 is 1.30 bits per heavy atom. The van der Waals surface area contributed by atoms with Crippen molar-refractivity contribution in [3.05, 3.63) is 34.0 Å². The Kier molecular flexibility index (Phi) is 5.59. The van der Waals surface area contributed by atoms with E-state index in [0.717, 1.165) is 47.2 Å². The van der Waals surface area contributed by atoms with Gasteiger partial charge in [-0.25, -0.2) is 14.3 Å². The Labute approximate surface area is 160 Å². The molecule has 0 saturated heterocycles. The van der Waals surface area contributed by atoms with Gasteiger partial charge in [-0.2, -0.15) is 5.10 Å². The second kappa shape index (κ2) is 7.91. The highest BCUT2D eigenvalue weighted by atomic mass is 32.1. The third-order valence-electron chi connectivity index (χ3n) is 4.68. The van der Waals surface area contributed by atoms with Crippen molar-refractivity contribution in [3.63, 3.8) is 0 Å². The minimum absolute atomic E-state index is 0.0761. The van der Waals surface area contributed by atoms with Crippen LogP contribution in [0.5, 0.6) is 0 Å². The number of hydrogen-bond acceptors (Lipinski definition) is 6. The number of aryl methyl sites for hydroxylation is 1. The minimum atomic E-state index is -1.16. The first-order chi connectivity index (χ1) is 12.9. The van der Waals surface area contributed by atoms with Crippen molar-refractivity contribution in [2.45, 2.75) is 45.1 Å². The van der Waals surface area contributed by atoms with Gasteiger partial charge in [0.1, 0.15) is 16.7 Å². The number of carboxylic acid groups (broad SMARTS) is 1. The number of thiophene rings is 1. The van der Waals surface area contributed by atoms with Gasteiger partial charge in [0.2, 0.25) is 5.91 Å². The SMILES string of the molecule is COC(=O)c1c(NC(=O)C(C)n2nccc2C(=O)O)sc2c1CCCCC2. The van der Waals surface area contributed by atoms with Crippen molar-refractivity contribution in [1.82, 2.24) is 9.78 Å². The lowest BCUT2D eigenvalue weighted by molar-refractivity contribution is -0.119. The maximum absolute atomic E-state index is 12.7. The van der Waals surface area contributed by atoms with Gasteiger partial charge in [-0.3, -0.25) is 4.79 Å². The Morgan fingerprint density at radius 2 is 2.04 bits per heavy atom. The summed E-state index contributed by atoms with van der Waals surface area (Å²) in [5.74, 6) is -2.07. The lowest BCUT2D eigenvalue weighted by Gasteiger charge is -2.14. The Bertz CT molecular complexity index is 886. The van der Waals surface area contributed by atoms with E-state index in [1.54, 1.807) is 6.92 Å². The summed E-state index contributed by atoms with van der Waals surface area (Å²) < 4.78 is 6.08. The minimum Gasteiger partial charge on any atom is -0.477 e. The monoisotopic (exact) mass is 391 g/mol. The summed E-state index contributed by atoms with van der Waals surface area (Å²) in [6.07, 6.45) is 6.14. The van der Waals surface area contributed by atoms with Crippen LogP contribution in [0.15, 0.2) is 12.3 Å². The van der Waals surface area contributed by atoms with Gasteiger partial charge >= 0.3 is 11.9 Å². The molecule has 8 nitrogen and oxygen atoms in total. The van der Waals surface area contributed by atoms with E-state index >= 15 is 0 Å². The number of nitrogens with one attached hydrogen (secondary N) is 1. The number of rotatable bonds is 5. The smallest absolute Gasteiger partial charge is 0.354 e. The van der Waals surface area contributed by atoms with E-state index in [1.165, 1.54) is 30.7 Å². The van der Waals surface area contributed by atoms with Crippen molar-refractivity contribution in [1.29, 1.82) is 0 Å². The predicted octanol–water partition coefficient (Wildman–Crippen LogP) is 2.90. The molecule has 2 N–H and O–H groups in total. The van der Waals surface area contributed by atoms with Crippen LogP contribution in [0, 0.1) is 0 Å². The molecule has 0 spiro atoms. The lowest BCUT2D eigenvalue weighted by atomic mass is 10.1. The van der Waals surface area contributed by atoms with E-state index in [-0.39, 0.29) is 5.69 Å². The van der Waals surface area contributed by atoms with Crippen LogP contribution in [-0.4, -0.2) is 39.8 Å². The largest absolute Gasteiger partial charge is 0.477 e. The summed E-state index contributed by atoms with van der Waals surface area (Å²) in [4.78, 5) is 37.4. The molecule has 0 aliphatic heterocycles. The maximum atomic E-state index is 12.7. The number of hydrogen-bond donors (Lipinski definition) is 2. The van der Waals surface area contributed by atoms with Crippen molar-refractivity contribution in [2.24, 2.45) is 0 Å². The average Bonchev–Trinajstić information content (AvgIpc) is 3.19. The molecule has 1 aliphatic rings. The molecule has 0 bridgehead atoms. The summed E-state index contributed by atoms with van der Waals surface area (Å²) in [6.45, 7) is 1.56. The normalized spacial score (nSPS) is 14.7. The van der Waals surface area contributed by atoms with E-state index in [0.29, 0.717) is 10.6 Å². The van der Waals surface area contributed by atoms with Crippen LogP contribution in [0.1, 0.15) is 63.5 Å². The van der Waals surface area contributed by atoms with Crippen LogP contribution in [-0.2, 0) is 22.4 Å². The Balaban J connectivity index is 1.90. The zero-order chi connectivity index (χ0) is 19.6. The fourth-order valence-electron chi connectivity index (χ4n) is 3.27. The number of anilines is 1. The van der Waals surface area contributed by atoms with Crippen molar-refractivity contribution in [3.8, 4) is 0 Å². The highest BCUT2D eigenvalue weighted by molar-refractivity contribution is 7.17. The molecule has 2 aromatic rings. The number of carbonyl (C=O) groups excluding carboxylic acids is 2. The number of aromatic carboxylic acids is 1. The van der Waals surface area contributed by atoms with Crippen LogP contribution >= 0.6 is 11.3 Å². The fourth-order valence-corrected chi connectivity index (χ4v) is 4.55. The van der Waals surface area contributed by atoms with Crippen LogP contribution in [0.4, 0.5) is 5.00 Å². The van der Waals surface area contributed by atoms with Crippen LogP contribution in [0.3, 0.4) is 0 Å². The molecule has 1 unspecified atom stereocenters. The standard InChI is InChI=1S/C18H21N3O5S/c1-10(21-12(17(23)24)8-9-19-21)15(22)20-16-14(18(25)26-2)11-6-4-3-5-7-13(11)27-16/h8-10H,3-7H2,1-2H3,(H,20,22)(H,23,24). The zero-order valence-corrected chi connectivity index (χ0v) is 16.0. The van der Waals surface area contributed by atoms with Gasteiger partial charge < -0.3 is 15.2 Å². The van der Waals surface area contributed by atoms with Gasteiger partial charge in [0.25, 0.3) is 0 Å². The molecule has 144 valence electrons. The fraction of sp³-hybridized carbons (Fsp3) is 0.444. The van der Waals surface area contributed by atoms with Crippen molar-refractivity contribution >= 4 is 34.2 Å². The molecule has 0 saturated carbocycles. The lowest BCUT2D eigenvalue weighted by Crippen LogP contribution is -2.27. The zero-order valence-electron chi connectivity index (χ0n) is 15.2. The number of methoxy groups -OCH3 is 1. The molecule has 1 amide bonds. The van der Waals surface area contributed by atoms with Gasteiger partial charge in [-0.15, -0.1) is 11.3 Å². The second-order valence-electron chi connectivity index (χ2n) is 6.39. The van der Waals surface area contributed by atoms with Crippen LogP contribution in [0.2, 0.25) is 0 Å². The number of nitrogens with zero attached hydrogens (tertiary/aromatic N) is 2.